The molecular formula is C18H25N3O3. The lowest BCUT2D eigenvalue weighted by molar-refractivity contribution is -0.121. The molecule has 0 atom stereocenters. The van der Waals surface area contributed by atoms with Gasteiger partial charge in [0, 0.05) is 25.3 Å². The minimum absolute atomic E-state index is 0.0189. The standard InChI is InChI=1S/C18H25N3O3/c1-13(2)18-20-17(24-21-18)10-9-16(22)19-11-4-12-23-15-7-5-14(3)6-8-15/h5-8,13H,4,9-12H2,1-3H3,(H,19,22). The third-order valence-corrected chi connectivity index (χ3v) is 3.50. The van der Waals surface area contributed by atoms with Gasteiger partial charge >= 0.3 is 0 Å². The van der Waals surface area contributed by atoms with E-state index < -0.39 is 0 Å². The van der Waals surface area contributed by atoms with Crippen molar-refractivity contribution in [3.8, 4) is 5.75 Å². The third kappa shape index (κ3) is 6.02. The second-order valence-electron chi connectivity index (χ2n) is 6.07. The lowest BCUT2D eigenvalue weighted by atomic mass is 10.2. The van der Waals surface area contributed by atoms with Crippen LogP contribution in [0.15, 0.2) is 28.8 Å². The molecule has 1 heterocycles. The highest BCUT2D eigenvalue weighted by Gasteiger charge is 2.11. The maximum absolute atomic E-state index is 11.8. The minimum atomic E-state index is -0.0189. The average molecular weight is 331 g/mol. The van der Waals surface area contributed by atoms with Gasteiger partial charge in [-0.1, -0.05) is 36.7 Å². The van der Waals surface area contributed by atoms with Gasteiger partial charge in [0.1, 0.15) is 5.75 Å². The van der Waals surface area contributed by atoms with Gasteiger partial charge in [-0.25, -0.2) is 0 Å². The van der Waals surface area contributed by atoms with E-state index in [2.05, 4.69) is 15.5 Å². The first kappa shape index (κ1) is 18.0. The summed E-state index contributed by atoms with van der Waals surface area (Å²) in [7, 11) is 0. The number of hydrogen-bond acceptors (Lipinski definition) is 5. The van der Waals surface area contributed by atoms with E-state index in [4.69, 9.17) is 9.26 Å². The Bertz CT molecular complexity index is 635. The summed E-state index contributed by atoms with van der Waals surface area (Å²) in [6.45, 7) is 7.20. The highest BCUT2D eigenvalue weighted by atomic mass is 16.5. The number of aromatic nitrogens is 2. The second kappa shape index (κ2) is 9.05. The molecule has 130 valence electrons. The Labute approximate surface area is 142 Å². The average Bonchev–Trinajstić information content (AvgIpc) is 3.04. The first-order valence-corrected chi connectivity index (χ1v) is 8.33. The topological polar surface area (TPSA) is 77.2 Å². The zero-order valence-electron chi connectivity index (χ0n) is 14.5. The minimum Gasteiger partial charge on any atom is -0.494 e. The van der Waals surface area contributed by atoms with E-state index in [0.717, 1.165) is 12.2 Å². The van der Waals surface area contributed by atoms with Crippen LogP contribution in [0.3, 0.4) is 0 Å². The van der Waals surface area contributed by atoms with Crippen LogP contribution in [0.2, 0.25) is 0 Å². The Hall–Kier alpha value is -2.37. The molecule has 0 aliphatic carbocycles. The number of carbonyl (C=O) groups excluding carboxylic acids is 1. The van der Waals surface area contributed by atoms with Gasteiger partial charge in [0.25, 0.3) is 0 Å². The number of hydrogen-bond donors (Lipinski definition) is 1. The van der Waals surface area contributed by atoms with Gasteiger partial charge in [-0.2, -0.15) is 4.98 Å². The Kier molecular flexibility index (Phi) is 6.78. The van der Waals surface area contributed by atoms with Gasteiger partial charge < -0.3 is 14.6 Å². The molecule has 1 N–H and O–H groups in total. The van der Waals surface area contributed by atoms with Crippen LogP contribution in [-0.4, -0.2) is 29.2 Å². The van der Waals surface area contributed by atoms with E-state index in [1.807, 2.05) is 45.0 Å². The quantitative estimate of drug-likeness (QED) is 0.715. The first-order valence-electron chi connectivity index (χ1n) is 8.33. The fourth-order valence-corrected chi connectivity index (χ4v) is 2.04. The Morgan fingerprint density at radius 2 is 2.04 bits per heavy atom. The molecule has 1 aromatic carbocycles. The van der Waals surface area contributed by atoms with E-state index in [1.165, 1.54) is 5.56 Å². The smallest absolute Gasteiger partial charge is 0.227 e. The van der Waals surface area contributed by atoms with Crippen molar-refractivity contribution in [2.75, 3.05) is 13.2 Å². The van der Waals surface area contributed by atoms with E-state index in [1.54, 1.807) is 0 Å². The summed E-state index contributed by atoms with van der Waals surface area (Å²) in [5.74, 6) is 2.25. The Morgan fingerprint density at radius 1 is 1.29 bits per heavy atom. The Morgan fingerprint density at radius 3 is 2.71 bits per heavy atom. The van der Waals surface area contributed by atoms with Gasteiger partial charge in [0.15, 0.2) is 5.82 Å². The molecule has 0 bridgehead atoms. The van der Waals surface area contributed by atoms with E-state index >= 15 is 0 Å². The molecule has 1 amide bonds. The van der Waals surface area contributed by atoms with Crippen LogP contribution in [-0.2, 0) is 11.2 Å². The molecule has 6 nitrogen and oxygen atoms in total. The third-order valence-electron chi connectivity index (χ3n) is 3.50. The molecule has 0 saturated carbocycles. The van der Waals surface area contributed by atoms with Gasteiger partial charge in [-0.3, -0.25) is 4.79 Å². The maximum Gasteiger partial charge on any atom is 0.227 e. The summed E-state index contributed by atoms with van der Waals surface area (Å²) >= 11 is 0. The van der Waals surface area contributed by atoms with Crippen LogP contribution in [0.4, 0.5) is 0 Å². The summed E-state index contributed by atoms with van der Waals surface area (Å²) < 4.78 is 10.7. The van der Waals surface area contributed by atoms with Crippen molar-refractivity contribution in [1.29, 1.82) is 0 Å². The first-order chi connectivity index (χ1) is 11.5. The molecule has 0 fully saturated rings. The molecular weight excluding hydrogens is 306 g/mol. The predicted molar refractivity (Wildman–Crippen MR) is 91.0 cm³/mol. The number of benzene rings is 1. The SMILES string of the molecule is Cc1ccc(OCCCNC(=O)CCc2nc(C(C)C)no2)cc1. The predicted octanol–water partition coefficient (Wildman–Crippen LogP) is 3.02. The van der Waals surface area contributed by atoms with E-state index in [0.29, 0.717) is 37.7 Å². The summed E-state index contributed by atoms with van der Waals surface area (Å²) in [6, 6.07) is 7.92. The summed E-state index contributed by atoms with van der Waals surface area (Å²) in [4.78, 5) is 16.0. The fourth-order valence-electron chi connectivity index (χ4n) is 2.04. The van der Waals surface area contributed by atoms with Gasteiger partial charge in [-0.15, -0.1) is 0 Å². The van der Waals surface area contributed by atoms with Crippen LogP contribution in [0, 0.1) is 6.92 Å². The van der Waals surface area contributed by atoms with E-state index in [9.17, 15) is 4.79 Å². The number of aryl methyl sites for hydroxylation is 2. The zero-order chi connectivity index (χ0) is 17.4. The lowest BCUT2D eigenvalue weighted by Gasteiger charge is -2.07. The number of rotatable bonds is 9. The molecule has 6 heteroatoms. The fraction of sp³-hybridized carbons (Fsp3) is 0.500. The van der Waals surface area contributed by atoms with Crippen molar-refractivity contribution in [3.05, 3.63) is 41.5 Å². The zero-order valence-corrected chi connectivity index (χ0v) is 14.5. The molecule has 0 aliphatic heterocycles. The molecule has 2 rings (SSSR count). The maximum atomic E-state index is 11.8. The number of carbonyl (C=O) groups is 1. The van der Waals surface area contributed by atoms with Crippen molar-refractivity contribution in [1.82, 2.24) is 15.5 Å². The van der Waals surface area contributed by atoms with Crippen molar-refractivity contribution >= 4 is 5.91 Å². The molecule has 0 radical (unpaired) electrons. The number of nitrogens with one attached hydrogen (secondary N) is 1. The summed E-state index contributed by atoms with van der Waals surface area (Å²) in [5, 5.41) is 6.75. The van der Waals surface area contributed by atoms with Gasteiger partial charge in [0.2, 0.25) is 11.8 Å². The largest absolute Gasteiger partial charge is 0.494 e. The number of nitrogens with zero attached hydrogens (tertiary/aromatic N) is 2. The van der Waals surface area contributed by atoms with Gasteiger partial charge in [-0.05, 0) is 25.5 Å². The lowest BCUT2D eigenvalue weighted by Crippen LogP contribution is -2.25. The molecule has 1 aromatic heterocycles. The summed E-state index contributed by atoms with van der Waals surface area (Å²) in [5.41, 5.74) is 1.20. The molecule has 0 unspecified atom stereocenters. The van der Waals surface area contributed by atoms with Crippen LogP contribution in [0.5, 0.6) is 5.75 Å². The van der Waals surface area contributed by atoms with Crippen LogP contribution < -0.4 is 10.1 Å². The van der Waals surface area contributed by atoms with Crippen molar-refractivity contribution in [3.63, 3.8) is 0 Å². The van der Waals surface area contributed by atoms with E-state index in [-0.39, 0.29) is 11.8 Å². The molecule has 24 heavy (non-hydrogen) atoms. The monoisotopic (exact) mass is 331 g/mol. The Balaban J connectivity index is 1.57. The van der Waals surface area contributed by atoms with Crippen molar-refractivity contribution in [2.24, 2.45) is 0 Å². The van der Waals surface area contributed by atoms with Crippen LogP contribution in [0.1, 0.15) is 49.9 Å². The molecule has 0 aliphatic rings. The molecule has 0 saturated heterocycles. The second-order valence-corrected chi connectivity index (χ2v) is 6.07. The van der Waals surface area contributed by atoms with Crippen LogP contribution >= 0.6 is 0 Å². The normalized spacial score (nSPS) is 10.8. The van der Waals surface area contributed by atoms with Crippen LogP contribution in [0.25, 0.3) is 0 Å². The van der Waals surface area contributed by atoms with Crippen molar-refractivity contribution < 1.29 is 14.1 Å². The van der Waals surface area contributed by atoms with Gasteiger partial charge in [0.05, 0.1) is 6.61 Å². The molecule has 2 aromatic rings. The highest BCUT2D eigenvalue weighted by molar-refractivity contribution is 5.75. The number of amides is 1. The summed E-state index contributed by atoms with van der Waals surface area (Å²) in [6.07, 6.45) is 1.57. The highest BCUT2D eigenvalue weighted by Crippen LogP contribution is 2.12. The number of ether oxygens (including phenoxy) is 1. The van der Waals surface area contributed by atoms with Crippen molar-refractivity contribution in [2.45, 2.75) is 46.0 Å². The molecule has 0 spiro atoms.